The van der Waals surface area contributed by atoms with Crippen LogP contribution in [0.3, 0.4) is 0 Å². The third-order valence-corrected chi connectivity index (χ3v) is 6.79. The molecule has 0 bridgehead atoms. The topological polar surface area (TPSA) is 110 Å². The quantitative estimate of drug-likeness (QED) is 0.802. The molecule has 3 rings (SSSR count). The summed E-state index contributed by atoms with van der Waals surface area (Å²) in [6.07, 6.45) is 2.71. The van der Waals surface area contributed by atoms with Crippen molar-refractivity contribution in [2.24, 2.45) is 5.73 Å². The number of rotatable bonds is 5. The van der Waals surface area contributed by atoms with Crippen LogP contribution in [0.15, 0.2) is 47.4 Å². The fraction of sp³-hybridized carbons (Fsp3) is 0.300. The number of primary amides is 1. The van der Waals surface area contributed by atoms with Gasteiger partial charge < -0.3 is 11.1 Å². The summed E-state index contributed by atoms with van der Waals surface area (Å²) in [5.74, 6) is -1.04. The Kier molecular flexibility index (Phi) is 5.81. The maximum atomic E-state index is 12.8. The fourth-order valence-electron chi connectivity index (χ4n) is 3.28. The summed E-state index contributed by atoms with van der Waals surface area (Å²) in [7, 11) is -3.62. The van der Waals surface area contributed by atoms with Crippen LogP contribution in [0.5, 0.6) is 0 Å². The smallest absolute Gasteiger partial charge is 0.255 e. The van der Waals surface area contributed by atoms with Gasteiger partial charge in [0.2, 0.25) is 15.9 Å². The molecule has 0 aliphatic carbocycles. The molecule has 1 fully saturated rings. The van der Waals surface area contributed by atoms with Gasteiger partial charge in [0.15, 0.2) is 0 Å². The molecule has 8 heteroatoms. The molecule has 28 heavy (non-hydrogen) atoms. The summed E-state index contributed by atoms with van der Waals surface area (Å²) < 4.78 is 27.1. The van der Waals surface area contributed by atoms with Crippen molar-refractivity contribution in [3.05, 3.63) is 59.2 Å². The van der Waals surface area contributed by atoms with E-state index in [1.807, 2.05) is 0 Å². The van der Waals surface area contributed by atoms with Gasteiger partial charge >= 0.3 is 0 Å². The zero-order valence-electron chi connectivity index (χ0n) is 15.6. The van der Waals surface area contributed by atoms with E-state index in [2.05, 4.69) is 5.32 Å². The predicted molar refractivity (Wildman–Crippen MR) is 107 cm³/mol. The van der Waals surface area contributed by atoms with Crippen molar-refractivity contribution >= 4 is 27.5 Å². The van der Waals surface area contributed by atoms with Gasteiger partial charge in [-0.1, -0.05) is 18.6 Å². The second-order valence-electron chi connectivity index (χ2n) is 6.79. The lowest BCUT2D eigenvalue weighted by molar-refractivity contribution is 0.0995. The molecule has 1 aliphatic rings. The van der Waals surface area contributed by atoms with Crippen LogP contribution in [-0.2, 0) is 10.0 Å². The highest BCUT2D eigenvalue weighted by Crippen LogP contribution is 2.23. The van der Waals surface area contributed by atoms with E-state index < -0.39 is 21.8 Å². The van der Waals surface area contributed by atoms with E-state index in [0.717, 1.165) is 19.3 Å². The molecule has 0 radical (unpaired) electrons. The van der Waals surface area contributed by atoms with Crippen LogP contribution in [0.1, 0.15) is 45.5 Å². The molecule has 7 nitrogen and oxygen atoms in total. The number of nitrogens with zero attached hydrogens (tertiary/aromatic N) is 1. The van der Waals surface area contributed by atoms with E-state index in [4.69, 9.17) is 5.73 Å². The standard InChI is InChI=1S/C20H23N3O4S/c1-14-17(19(21)24)9-6-10-18(14)22-20(25)15-7-5-8-16(13-15)28(26,27)23-11-3-2-4-12-23/h5-10,13H,2-4,11-12H2,1H3,(H2,21,24)(H,22,25). The summed E-state index contributed by atoms with van der Waals surface area (Å²) in [4.78, 5) is 24.2. The SMILES string of the molecule is Cc1c(NC(=O)c2cccc(S(=O)(=O)N3CCCCC3)c2)cccc1C(N)=O. The van der Waals surface area contributed by atoms with Crippen molar-refractivity contribution in [1.29, 1.82) is 0 Å². The van der Waals surface area contributed by atoms with Crippen LogP contribution in [-0.4, -0.2) is 37.6 Å². The van der Waals surface area contributed by atoms with Gasteiger partial charge in [-0.25, -0.2) is 8.42 Å². The zero-order valence-corrected chi connectivity index (χ0v) is 16.5. The summed E-state index contributed by atoms with van der Waals surface area (Å²) in [5, 5.41) is 2.72. The second kappa shape index (κ2) is 8.12. The number of hydrogen-bond acceptors (Lipinski definition) is 4. The molecule has 148 valence electrons. The normalized spacial score (nSPS) is 15.2. The highest BCUT2D eigenvalue weighted by Gasteiger charge is 2.26. The van der Waals surface area contributed by atoms with E-state index in [0.29, 0.717) is 29.9 Å². The van der Waals surface area contributed by atoms with Crippen molar-refractivity contribution in [1.82, 2.24) is 4.31 Å². The number of hydrogen-bond donors (Lipinski definition) is 2. The van der Waals surface area contributed by atoms with Gasteiger partial charge in [-0.3, -0.25) is 9.59 Å². The van der Waals surface area contributed by atoms with Crippen LogP contribution < -0.4 is 11.1 Å². The molecule has 3 N–H and O–H groups in total. The van der Waals surface area contributed by atoms with E-state index in [9.17, 15) is 18.0 Å². The minimum Gasteiger partial charge on any atom is -0.366 e. The molecule has 2 amide bonds. The molecular weight excluding hydrogens is 378 g/mol. The van der Waals surface area contributed by atoms with Crippen molar-refractivity contribution in [3.8, 4) is 0 Å². The van der Waals surface area contributed by atoms with Crippen molar-refractivity contribution in [2.75, 3.05) is 18.4 Å². The lowest BCUT2D eigenvalue weighted by Crippen LogP contribution is -2.35. The Hall–Kier alpha value is -2.71. The molecule has 0 aromatic heterocycles. The molecule has 0 saturated carbocycles. The van der Waals surface area contributed by atoms with Crippen LogP contribution >= 0.6 is 0 Å². The van der Waals surface area contributed by atoms with Gasteiger partial charge in [0.25, 0.3) is 5.91 Å². The van der Waals surface area contributed by atoms with Gasteiger partial charge in [-0.05, 0) is 55.7 Å². The van der Waals surface area contributed by atoms with Crippen molar-refractivity contribution in [2.45, 2.75) is 31.1 Å². The average Bonchev–Trinajstić information content (AvgIpc) is 2.70. The molecular formula is C20H23N3O4S. The summed E-state index contributed by atoms with van der Waals surface area (Å²) in [6, 6.07) is 10.9. The average molecular weight is 401 g/mol. The second-order valence-corrected chi connectivity index (χ2v) is 8.73. The summed E-state index contributed by atoms with van der Waals surface area (Å²) in [5.41, 5.74) is 6.89. The molecule has 1 saturated heterocycles. The van der Waals surface area contributed by atoms with Gasteiger partial charge in [0.05, 0.1) is 4.90 Å². The largest absolute Gasteiger partial charge is 0.366 e. The predicted octanol–water partition coefficient (Wildman–Crippen LogP) is 2.52. The monoisotopic (exact) mass is 401 g/mol. The Morgan fingerprint density at radius 3 is 2.39 bits per heavy atom. The Labute approximate surface area is 164 Å². The van der Waals surface area contributed by atoms with E-state index in [-0.39, 0.29) is 10.5 Å². The van der Waals surface area contributed by atoms with E-state index in [1.54, 1.807) is 37.3 Å². The third kappa shape index (κ3) is 4.07. The van der Waals surface area contributed by atoms with Crippen LogP contribution in [0.2, 0.25) is 0 Å². The Bertz CT molecular complexity index is 1010. The summed E-state index contributed by atoms with van der Waals surface area (Å²) >= 11 is 0. The first-order valence-electron chi connectivity index (χ1n) is 9.11. The van der Waals surface area contributed by atoms with Gasteiger partial charge in [0.1, 0.15) is 0 Å². The molecule has 1 aliphatic heterocycles. The van der Waals surface area contributed by atoms with Gasteiger partial charge in [0, 0.05) is 29.9 Å². The first kappa shape index (κ1) is 20.0. The minimum absolute atomic E-state index is 0.102. The number of piperidine rings is 1. The van der Waals surface area contributed by atoms with Crippen LogP contribution in [0, 0.1) is 6.92 Å². The number of nitrogens with two attached hydrogens (primary N) is 1. The highest BCUT2D eigenvalue weighted by molar-refractivity contribution is 7.89. The van der Waals surface area contributed by atoms with Crippen molar-refractivity contribution < 1.29 is 18.0 Å². The number of sulfonamides is 1. The maximum absolute atomic E-state index is 12.8. The molecule has 0 atom stereocenters. The van der Waals surface area contributed by atoms with Crippen LogP contribution in [0.4, 0.5) is 5.69 Å². The third-order valence-electron chi connectivity index (χ3n) is 4.90. The Balaban J connectivity index is 1.85. The lowest BCUT2D eigenvalue weighted by atomic mass is 10.1. The lowest BCUT2D eigenvalue weighted by Gasteiger charge is -2.26. The first-order valence-corrected chi connectivity index (χ1v) is 10.6. The van der Waals surface area contributed by atoms with Gasteiger partial charge in [-0.15, -0.1) is 0 Å². The molecule has 2 aromatic rings. The maximum Gasteiger partial charge on any atom is 0.255 e. The van der Waals surface area contributed by atoms with E-state index in [1.165, 1.54) is 16.4 Å². The van der Waals surface area contributed by atoms with Gasteiger partial charge in [-0.2, -0.15) is 4.31 Å². The number of carbonyl (C=O) groups excluding carboxylic acids is 2. The fourth-order valence-corrected chi connectivity index (χ4v) is 4.85. The van der Waals surface area contributed by atoms with E-state index >= 15 is 0 Å². The number of carbonyl (C=O) groups is 2. The molecule has 0 unspecified atom stereocenters. The van der Waals surface area contributed by atoms with Crippen LogP contribution in [0.25, 0.3) is 0 Å². The molecule has 2 aromatic carbocycles. The number of amides is 2. The number of anilines is 1. The van der Waals surface area contributed by atoms with Crippen molar-refractivity contribution in [3.63, 3.8) is 0 Å². The molecule has 0 spiro atoms. The highest BCUT2D eigenvalue weighted by atomic mass is 32.2. The molecule has 1 heterocycles. The Morgan fingerprint density at radius 2 is 1.71 bits per heavy atom. The number of benzene rings is 2. The Morgan fingerprint density at radius 1 is 1.04 bits per heavy atom. The summed E-state index contributed by atoms with van der Waals surface area (Å²) in [6.45, 7) is 2.68. The zero-order chi connectivity index (χ0) is 20.3. The number of nitrogens with one attached hydrogen (secondary N) is 1. The first-order chi connectivity index (χ1) is 13.3. The minimum atomic E-state index is -3.62.